The number of ether oxygens (including phenoxy) is 1. The van der Waals surface area contributed by atoms with Crippen molar-refractivity contribution < 1.29 is 9.53 Å². The van der Waals surface area contributed by atoms with E-state index in [1.807, 2.05) is 13.8 Å². The largest absolute Gasteiger partial charge is 0.448 e. The summed E-state index contributed by atoms with van der Waals surface area (Å²) in [6.45, 7) is 8.54. The molecule has 3 heterocycles. The molecule has 7 nitrogen and oxygen atoms in total. The molecule has 22 heavy (non-hydrogen) atoms. The van der Waals surface area contributed by atoms with Gasteiger partial charge >= 0.3 is 6.09 Å². The van der Waals surface area contributed by atoms with Gasteiger partial charge in [0.2, 0.25) is 5.95 Å². The average Bonchev–Trinajstić information content (AvgIpc) is 3.15. The van der Waals surface area contributed by atoms with E-state index in [0.29, 0.717) is 26.2 Å². The second-order valence-corrected chi connectivity index (χ2v) is 5.80. The van der Waals surface area contributed by atoms with E-state index >= 15 is 0 Å². The van der Waals surface area contributed by atoms with Crippen molar-refractivity contribution in [2.24, 2.45) is 0 Å². The topological polar surface area (TPSA) is 70.6 Å². The van der Waals surface area contributed by atoms with Gasteiger partial charge in [-0.25, -0.2) is 9.78 Å². The molecular weight excluding hydrogens is 282 g/mol. The van der Waals surface area contributed by atoms with Crippen molar-refractivity contribution in [3.63, 3.8) is 0 Å². The summed E-state index contributed by atoms with van der Waals surface area (Å²) in [5.74, 6) is 1.67. The fraction of sp³-hybridized carbons (Fsp3) is 0.667. The van der Waals surface area contributed by atoms with E-state index in [-0.39, 0.29) is 6.09 Å². The average molecular weight is 305 g/mol. The molecule has 120 valence electrons. The maximum Gasteiger partial charge on any atom is 0.409 e. The minimum absolute atomic E-state index is 0.227. The Morgan fingerprint density at radius 2 is 1.95 bits per heavy atom. The molecule has 7 heteroatoms. The van der Waals surface area contributed by atoms with Gasteiger partial charge in [0.25, 0.3) is 0 Å². The molecule has 0 spiro atoms. The maximum absolute atomic E-state index is 11.4. The molecule has 0 aromatic carbocycles. The molecule has 0 radical (unpaired) electrons. The molecule has 1 aromatic heterocycles. The Hall–Kier alpha value is -2.05. The fourth-order valence-corrected chi connectivity index (χ4v) is 2.78. The van der Waals surface area contributed by atoms with Crippen molar-refractivity contribution in [2.75, 3.05) is 49.5 Å². The van der Waals surface area contributed by atoms with Crippen molar-refractivity contribution in [2.45, 2.75) is 26.7 Å². The van der Waals surface area contributed by atoms with Crippen LogP contribution in [0.4, 0.5) is 16.6 Å². The highest BCUT2D eigenvalue weighted by Gasteiger charge is 2.21. The van der Waals surface area contributed by atoms with Crippen molar-refractivity contribution >= 4 is 17.9 Å². The summed E-state index contributed by atoms with van der Waals surface area (Å²) in [6.07, 6.45) is 2.18. The van der Waals surface area contributed by atoms with Crippen LogP contribution in [0.2, 0.25) is 0 Å². The number of carbonyl (C=O) groups is 1. The van der Waals surface area contributed by atoms with Gasteiger partial charge in [0.05, 0.1) is 6.54 Å². The van der Waals surface area contributed by atoms with Crippen molar-refractivity contribution in [3.8, 4) is 0 Å². The van der Waals surface area contributed by atoms with Crippen LogP contribution in [0.1, 0.15) is 24.1 Å². The summed E-state index contributed by atoms with van der Waals surface area (Å²) in [4.78, 5) is 24.6. The van der Waals surface area contributed by atoms with Gasteiger partial charge in [-0.05, 0) is 26.7 Å². The molecular formula is C15H23N5O2. The van der Waals surface area contributed by atoms with Crippen LogP contribution in [0.3, 0.4) is 0 Å². The number of rotatable bonds is 5. The summed E-state index contributed by atoms with van der Waals surface area (Å²) >= 11 is 0. The Morgan fingerprint density at radius 1 is 1.18 bits per heavy atom. The second-order valence-electron chi connectivity index (χ2n) is 5.80. The van der Waals surface area contributed by atoms with E-state index in [1.165, 1.54) is 12.8 Å². The molecule has 2 aliphatic rings. The van der Waals surface area contributed by atoms with E-state index in [4.69, 9.17) is 4.74 Å². The zero-order valence-corrected chi connectivity index (χ0v) is 13.3. The molecule has 2 saturated heterocycles. The normalized spacial score (nSPS) is 18.0. The van der Waals surface area contributed by atoms with Crippen molar-refractivity contribution in [3.05, 3.63) is 11.3 Å². The van der Waals surface area contributed by atoms with Crippen LogP contribution >= 0.6 is 0 Å². The Balaban J connectivity index is 1.65. The van der Waals surface area contributed by atoms with Crippen LogP contribution in [-0.2, 0) is 4.74 Å². The van der Waals surface area contributed by atoms with E-state index in [0.717, 1.165) is 36.1 Å². The van der Waals surface area contributed by atoms with Crippen molar-refractivity contribution in [1.82, 2.24) is 14.9 Å². The lowest BCUT2D eigenvalue weighted by Gasteiger charge is -2.19. The van der Waals surface area contributed by atoms with Crippen LogP contribution < -0.4 is 10.2 Å². The molecule has 2 fully saturated rings. The van der Waals surface area contributed by atoms with Crippen LogP contribution in [0, 0.1) is 13.8 Å². The zero-order valence-electron chi connectivity index (χ0n) is 13.3. The molecule has 0 unspecified atom stereocenters. The van der Waals surface area contributed by atoms with Crippen LogP contribution in [0.15, 0.2) is 0 Å². The lowest BCUT2D eigenvalue weighted by molar-refractivity contribution is 0.159. The van der Waals surface area contributed by atoms with E-state index < -0.39 is 0 Å². The number of nitrogens with one attached hydrogen (secondary N) is 1. The van der Waals surface area contributed by atoms with Gasteiger partial charge in [0.15, 0.2) is 0 Å². The van der Waals surface area contributed by atoms with Crippen LogP contribution in [0.5, 0.6) is 0 Å². The molecule has 0 atom stereocenters. The first-order chi connectivity index (χ1) is 10.6. The van der Waals surface area contributed by atoms with Gasteiger partial charge < -0.3 is 19.9 Å². The van der Waals surface area contributed by atoms with E-state index in [1.54, 1.807) is 4.90 Å². The molecule has 1 aromatic rings. The molecule has 3 rings (SSSR count). The van der Waals surface area contributed by atoms with Gasteiger partial charge in [0.1, 0.15) is 12.4 Å². The summed E-state index contributed by atoms with van der Waals surface area (Å²) in [7, 11) is 0. The van der Waals surface area contributed by atoms with Crippen LogP contribution in [-0.4, -0.2) is 60.3 Å². The monoisotopic (exact) mass is 305 g/mol. The van der Waals surface area contributed by atoms with E-state index in [9.17, 15) is 4.79 Å². The van der Waals surface area contributed by atoms with E-state index in [2.05, 4.69) is 20.2 Å². The number of nitrogens with zero attached hydrogens (tertiary/aromatic N) is 4. The maximum atomic E-state index is 11.4. The standard InChI is InChI=1S/C15H23N5O2/c1-11-12(2)17-14(19-6-3-4-7-19)18-13(11)16-5-8-20-9-10-22-15(20)21/h3-10H2,1-2H3,(H,16,17,18). The number of hydrogen-bond donors (Lipinski definition) is 1. The van der Waals surface area contributed by atoms with Gasteiger partial charge in [-0.15, -0.1) is 0 Å². The first kappa shape index (κ1) is 14.9. The van der Waals surface area contributed by atoms with Gasteiger partial charge in [-0.1, -0.05) is 0 Å². The predicted molar refractivity (Wildman–Crippen MR) is 84.4 cm³/mol. The Labute approximate surface area is 130 Å². The fourth-order valence-electron chi connectivity index (χ4n) is 2.78. The lowest BCUT2D eigenvalue weighted by Crippen LogP contribution is -2.30. The highest BCUT2D eigenvalue weighted by Crippen LogP contribution is 2.22. The third-order valence-corrected chi connectivity index (χ3v) is 4.29. The highest BCUT2D eigenvalue weighted by molar-refractivity contribution is 5.69. The summed E-state index contributed by atoms with van der Waals surface area (Å²) in [5, 5.41) is 3.34. The number of hydrogen-bond acceptors (Lipinski definition) is 6. The minimum Gasteiger partial charge on any atom is -0.448 e. The number of aryl methyl sites for hydroxylation is 1. The van der Waals surface area contributed by atoms with Crippen molar-refractivity contribution in [1.29, 1.82) is 0 Å². The molecule has 0 aliphatic carbocycles. The summed E-state index contributed by atoms with van der Waals surface area (Å²) in [5.41, 5.74) is 2.06. The van der Waals surface area contributed by atoms with Gasteiger partial charge in [0, 0.05) is 37.4 Å². The third-order valence-electron chi connectivity index (χ3n) is 4.29. The Bertz CT molecular complexity index is 557. The number of carbonyl (C=O) groups excluding carboxylic acids is 1. The highest BCUT2D eigenvalue weighted by atomic mass is 16.6. The first-order valence-corrected chi connectivity index (χ1v) is 7.91. The third kappa shape index (κ3) is 3.08. The molecule has 0 bridgehead atoms. The number of aromatic nitrogens is 2. The Morgan fingerprint density at radius 3 is 2.64 bits per heavy atom. The number of amides is 1. The van der Waals surface area contributed by atoms with Crippen LogP contribution in [0.25, 0.3) is 0 Å². The molecule has 2 aliphatic heterocycles. The second kappa shape index (κ2) is 6.37. The SMILES string of the molecule is Cc1nc(N2CCCC2)nc(NCCN2CCOC2=O)c1C. The first-order valence-electron chi connectivity index (χ1n) is 7.91. The summed E-state index contributed by atoms with van der Waals surface area (Å²) in [6, 6.07) is 0. The minimum atomic E-state index is -0.227. The smallest absolute Gasteiger partial charge is 0.409 e. The number of anilines is 2. The van der Waals surface area contributed by atoms with Gasteiger partial charge in [-0.2, -0.15) is 4.98 Å². The summed E-state index contributed by atoms with van der Waals surface area (Å²) < 4.78 is 4.92. The molecule has 0 saturated carbocycles. The Kier molecular flexibility index (Phi) is 4.31. The molecule has 1 amide bonds. The molecule has 1 N–H and O–H groups in total. The quantitative estimate of drug-likeness (QED) is 0.890. The predicted octanol–water partition coefficient (Wildman–Crippen LogP) is 1.56. The number of cyclic esters (lactones) is 1. The zero-order chi connectivity index (χ0) is 15.5. The van der Waals surface area contributed by atoms with Gasteiger partial charge in [-0.3, -0.25) is 0 Å². The lowest BCUT2D eigenvalue weighted by atomic mass is 10.2.